The normalized spacial score (nSPS) is 16.0. The van der Waals surface area contributed by atoms with Gasteiger partial charge in [0.25, 0.3) is 5.91 Å². The highest BCUT2D eigenvalue weighted by molar-refractivity contribution is 7.90. The van der Waals surface area contributed by atoms with Crippen LogP contribution in [0, 0.1) is 0 Å². The molecule has 9 heteroatoms. The molecular formula is C17H20ClN3O4S. The third-order valence-corrected chi connectivity index (χ3v) is 5.47. The number of piperazine rings is 1. The van der Waals surface area contributed by atoms with Gasteiger partial charge in [-0.3, -0.25) is 9.69 Å². The highest BCUT2D eigenvalue weighted by atomic mass is 35.5. The number of hydrogen-bond donors (Lipinski definition) is 0. The molecule has 0 spiro atoms. The van der Waals surface area contributed by atoms with E-state index in [-0.39, 0.29) is 17.4 Å². The summed E-state index contributed by atoms with van der Waals surface area (Å²) in [5.41, 5.74) is 1.06. The van der Waals surface area contributed by atoms with Crippen LogP contribution < -0.4 is 0 Å². The molecule has 2 aromatic rings. The van der Waals surface area contributed by atoms with Gasteiger partial charge in [-0.25, -0.2) is 8.42 Å². The Bertz CT molecular complexity index is 872. The van der Waals surface area contributed by atoms with Crippen molar-refractivity contribution < 1.29 is 17.7 Å². The molecule has 0 saturated carbocycles. The first-order chi connectivity index (χ1) is 12.3. The molecule has 0 radical (unpaired) electrons. The predicted molar refractivity (Wildman–Crippen MR) is 99.0 cm³/mol. The van der Waals surface area contributed by atoms with Crippen molar-refractivity contribution in [2.24, 2.45) is 0 Å². The van der Waals surface area contributed by atoms with Gasteiger partial charge in [0.05, 0.1) is 5.75 Å². The zero-order valence-corrected chi connectivity index (χ0v) is 16.0. The molecule has 0 bridgehead atoms. The van der Waals surface area contributed by atoms with Crippen LogP contribution in [-0.2, 0) is 9.84 Å². The summed E-state index contributed by atoms with van der Waals surface area (Å²) in [5, 5.41) is 4.51. The summed E-state index contributed by atoms with van der Waals surface area (Å²) in [5.74, 6) is 0.461. The summed E-state index contributed by atoms with van der Waals surface area (Å²) in [6.07, 6.45) is 1.23. The number of carbonyl (C=O) groups excluding carboxylic acids is 1. The second kappa shape index (κ2) is 7.77. The lowest BCUT2D eigenvalue weighted by Crippen LogP contribution is -2.49. The molecule has 0 atom stereocenters. The monoisotopic (exact) mass is 397 g/mol. The Labute approximate surface area is 157 Å². The van der Waals surface area contributed by atoms with Crippen LogP contribution in [0.4, 0.5) is 0 Å². The number of sulfone groups is 1. The maximum atomic E-state index is 12.6. The highest BCUT2D eigenvalue weighted by Gasteiger charge is 2.25. The molecule has 0 N–H and O–H groups in total. The first-order valence-electron chi connectivity index (χ1n) is 8.24. The van der Waals surface area contributed by atoms with E-state index in [1.807, 2.05) is 4.90 Å². The molecule has 140 valence electrons. The fraction of sp³-hybridized carbons (Fsp3) is 0.412. The van der Waals surface area contributed by atoms with Crippen molar-refractivity contribution in [3.63, 3.8) is 0 Å². The van der Waals surface area contributed by atoms with Gasteiger partial charge < -0.3 is 9.42 Å². The summed E-state index contributed by atoms with van der Waals surface area (Å²) in [4.78, 5) is 16.3. The Morgan fingerprint density at radius 2 is 1.85 bits per heavy atom. The minimum Gasteiger partial charge on any atom is -0.355 e. The van der Waals surface area contributed by atoms with Crippen LogP contribution >= 0.6 is 11.6 Å². The fourth-order valence-corrected chi connectivity index (χ4v) is 3.47. The predicted octanol–water partition coefficient (Wildman–Crippen LogP) is 1.80. The first-order valence-corrected chi connectivity index (χ1v) is 10.7. The zero-order valence-electron chi connectivity index (χ0n) is 14.4. The van der Waals surface area contributed by atoms with E-state index in [4.69, 9.17) is 16.1 Å². The average Bonchev–Trinajstić information content (AvgIpc) is 3.10. The lowest BCUT2D eigenvalue weighted by Gasteiger charge is -2.34. The van der Waals surface area contributed by atoms with Crippen LogP contribution in [0.1, 0.15) is 10.5 Å². The van der Waals surface area contributed by atoms with E-state index >= 15 is 0 Å². The molecule has 7 nitrogen and oxygen atoms in total. The lowest BCUT2D eigenvalue weighted by atomic mass is 10.1. The molecule has 1 aliphatic heterocycles. The van der Waals surface area contributed by atoms with Crippen LogP contribution in [0.15, 0.2) is 34.9 Å². The van der Waals surface area contributed by atoms with Gasteiger partial charge in [-0.2, -0.15) is 0 Å². The lowest BCUT2D eigenvalue weighted by molar-refractivity contribution is 0.0634. The van der Waals surface area contributed by atoms with Crippen LogP contribution in [0.25, 0.3) is 11.3 Å². The molecule has 0 unspecified atom stereocenters. The number of amides is 1. The summed E-state index contributed by atoms with van der Waals surface area (Å²) in [6, 6.07) is 8.73. The number of carbonyl (C=O) groups is 1. The first kappa shape index (κ1) is 18.9. The van der Waals surface area contributed by atoms with Crippen molar-refractivity contribution in [3.05, 3.63) is 41.0 Å². The van der Waals surface area contributed by atoms with E-state index in [2.05, 4.69) is 5.16 Å². The number of hydrogen-bond acceptors (Lipinski definition) is 6. The molecule has 0 aliphatic carbocycles. The highest BCUT2D eigenvalue weighted by Crippen LogP contribution is 2.23. The number of rotatable bonds is 5. The van der Waals surface area contributed by atoms with E-state index in [0.29, 0.717) is 43.5 Å². The number of benzene rings is 1. The van der Waals surface area contributed by atoms with E-state index in [1.54, 1.807) is 35.2 Å². The van der Waals surface area contributed by atoms with Gasteiger partial charge in [-0.1, -0.05) is 16.8 Å². The summed E-state index contributed by atoms with van der Waals surface area (Å²) >= 11 is 5.87. The van der Waals surface area contributed by atoms with Gasteiger partial charge in [-0.15, -0.1) is 0 Å². The second-order valence-electron chi connectivity index (χ2n) is 6.35. The van der Waals surface area contributed by atoms with Gasteiger partial charge >= 0.3 is 0 Å². The maximum Gasteiger partial charge on any atom is 0.276 e. The van der Waals surface area contributed by atoms with Gasteiger partial charge in [0.2, 0.25) is 0 Å². The SMILES string of the molecule is CS(=O)(=O)CCN1CCN(C(=O)c2cc(-c3ccc(Cl)cc3)on2)CC1. The van der Waals surface area contributed by atoms with Crippen LogP contribution in [0.3, 0.4) is 0 Å². The Balaban J connectivity index is 1.58. The summed E-state index contributed by atoms with van der Waals surface area (Å²) < 4.78 is 27.8. The second-order valence-corrected chi connectivity index (χ2v) is 9.04. The summed E-state index contributed by atoms with van der Waals surface area (Å²) in [6.45, 7) is 2.84. The van der Waals surface area contributed by atoms with Crippen molar-refractivity contribution in [1.82, 2.24) is 15.0 Å². The number of halogens is 1. The van der Waals surface area contributed by atoms with Crippen molar-refractivity contribution in [1.29, 1.82) is 0 Å². The van der Waals surface area contributed by atoms with E-state index in [9.17, 15) is 13.2 Å². The van der Waals surface area contributed by atoms with E-state index < -0.39 is 9.84 Å². The quantitative estimate of drug-likeness (QED) is 0.764. The largest absolute Gasteiger partial charge is 0.355 e. The topological polar surface area (TPSA) is 83.7 Å². The van der Waals surface area contributed by atoms with Gasteiger partial charge in [-0.05, 0) is 24.3 Å². The summed E-state index contributed by atoms with van der Waals surface area (Å²) in [7, 11) is -2.98. The molecule has 1 aliphatic rings. The van der Waals surface area contributed by atoms with E-state index in [1.165, 1.54) is 6.26 Å². The Hall–Kier alpha value is -1.90. The van der Waals surface area contributed by atoms with Gasteiger partial charge in [0.15, 0.2) is 11.5 Å². The third kappa shape index (κ3) is 4.84. The molecule has 3 rings (SSSR count). The van der Waals surface area contributed by atoms with Crippen molar-refractivity contribution in [2.45, 2.75) is 0 Å². The van der Waals surface area contributed by atoms with Crippen LogP contribution in [0.2, 0.25) is 5.02 Å². The third-order valence-electron chi connectivity index (χ3n) is 4.30. The molecule has 1 amide bonds. The Kier molecular flexibility index (Phi) is 5.64. The number of aromatic nitrogens is 1. The molecular weight excluding hydrogens is 378 g/mol. The van der Waals surface area contributed by atoms with Crippen LogP contribution in [0.5, 0.6) is 0 Å². The van der Waals surface area contributed by atoms with Crippen LogP contribution in [-0.4, -0.2) is 74.0 Å². The molecule has 1 saturated heterocycles. The smallest absolute Gasteiger partial charge is 0.276 e. The van der Waals surface area contributed by atoms with Gasteiger partial charge in [0, 0.05) is 55.6 Å². The molecule has 26 heavy (non-hydrogen) atoms. The minimum absolute atomic E-state index is 0.134. The van der Waals surface area contributed by atoms with Crippen molar-refractivity contribution in [3.8, 4) is 11.3 Å². The fourth-order valence-electron chi connectivity index (χ4n) is 2.76. The van der Waals surface area contributed by atoms with E-state index in [0.717, 1.165) is 5.56 Å². The van der Waals surface area contributed by atoms with Crippen molar-refractivity contribution >= 4 is 27.3 Å². The Morgan fingerprint density at radius 1 is 1.19 bits per heavy atom. The standard InChI is InChI=1S/C17H20ClN3O4S/c1-26(23,24)11-10-20-6-8-21(9-7-20)17(22)15-12-16(25-19-15)13-2-4-14(18)5-3-13/h2-5,12H,6-11H2,1H3. The number of nitrogens with zero attached hydrogens (tertiary/aromatic N) is 3. The minimum atomic E-state index is -2.98. The van der Waals surface area contributed by atoms with Gasteiger partial charge in [0.1, 0.15) is 9.84 Å². The Morgan fingerprint density at radius 3 is 2.46 bits per heavy atom. The molecule has 2 heterocycles. The maximum absolute atomic E-state index is 12.6. The molecule has 1 fully saturated rings. The zero-order chi connectivity index (χ0) is 18.7. The van der Waals surface area contributed by atoms with Crippen molar-refractivity contribution in [2.75, 3.05) is 44.7 Å². The molecule has 1 aromatic heterocycles. The molecule has 1 aromatic carbocycles. The average molecular weight is 398 g/mol.